The first-order valence-electron chi connectivity index (χ1n) is 6.93. The number of nitrogens with zero attached hydrogens (tertiary/aromatic N) is 2. The van der Waals surface area contributed by atoms with E-state index < -0.39 is 21.7 Å². The highest BCUT2D eigenvalue weighted by atomic mass is 32.2. The molecule has 0 bridgehead atoms. The lowest BCUT2D eigenvalue weighted by Gasteiger charge is -2.16. The Morgan fingerprint density at radius 2 is 2.00 bits per heavy atom. The number of aliphatic imine (C=N–C) groups is 1. The summed E-state index contributed by atoms with van der Waals surface area (Å²) in [6, 6.07) is 4.06. The van der Waals surface area contributed by atoms with Crippen molar-refractivity contribution in [3.63, 3.8) is 0 Å². The SMILES string of the molecule is Cc1cccc(C2N=C3CCCC3=C2OS(=O)(=O)C(F)(F)F)n1. The van der Waals surface area contributed by atoms with E-state index in [0.29, 0.717) is 41.9 Å². The summed E-state index contributed by atoms with van der Waals surface area (Å²) in [5.41, 5.74) is -3.40. The molecule has 2 aliphatic rings. The van der Waals surface area contributed by atoms with Crippen LogP contribution in [0.5, 0.6) is 0 Å². The third-order valence-corrected chi connectivity index (χ3v) is 4.66. The molecule has 0 saturated heterocycles. The maximum Gasteiger partial charge on any atom is 0.534 e. The molecule has 1 atom stereocenters. The number of fused-ring (bicyclic) bond motifs is 1. The summed E-state index contributed by atoms with van der Waals surface area (Å²) in [5.74, 6) is -0.270. The van der Waals surface area contributed by atoms with Gasteiger partial charge in [0.25, 0.3) is 0 Å². The summed E-state index contributed by atoms with van der Waals surface area (Å²) < 4.78 is 65.1. The average Bonchev–Trinajstić information content (AvgIpc) is 3.00. The fourth-order valence-corrected chi connectivity index (χ4v) is 3.22. The molecule has 1 unspecified atom stereocenters. The van der Waals surface area contributed by atoms with Crippen LogP contribution in [0.2, 0.25) is 0 Å². The number of halogens is 3. The van der Waals surface area contributed by atoms with Crippen LogP contribution in [0, 0.1) is 6.92 Å². The Bertz CT molecular complexity index is 813. The molecule has 1 aliphatic carbocycles. The molecule has 0 radical (unpaired) electrons. The zero-order chi connectivity index (χ0) is 16.8. The van der Waals surface area contributed by atoms with Crippen molar-refractivity contribution in [2.24, 2.45) is 4.99 Å². The molecule has 1 aromatic heterocycles. The Morgan fingerprint density at radius 1 is 1.26 bits per heavy atom. The number of aromatic nitrogens is 1. The van der Waals surface area contributed by atoms with Crippen LogP contribution in [0.15, 0.2) is 34.5 Å². The van der Waals surface area contributed by atoms with Crippen LogP contribution in [-0.4, -0.2) is 24.6 Å². The second-order valence-corrected chi connectivity index (χ2v) is 6.90. The van der Waals surface area contributed by atoms with Gasteiger partial charge in [-0.15, -0.1) is 0 Å². The van der Waals surface area contributed by atoms with E-state index >= 15 is 0 Å². The molecular formula is C14H13F3N2O3S. The van der Waals surface area contributed by atoms with E-state index in [4.69, 9.17) is 0 Å². The van der Waals surface area contributed by atoms with Crippen LogP contribution in [-0.2, 0) is 14.3 Å². The molecule has 3 rings (SSSR count). The fraction of sp³-hybridized carbons (Fsp3) is 0.429. The van der Waals surface area contributed by atoms with Gasteiger partial charge in [0.15, 0.2) is 11.8 Å². The molecule has 9 heteroatoms. The van der Waals surface area contributed by atoms with Gasteiger partial charge in [-0.25, -0.2) is 0 Å². The molecule has 0 aromatic carbocycles. The fourth-order valence-electron chi connectivity index (χ4n) is 2.69. The van der Waals surface area contributed by atoms with E-state index in [2.05, 4.69) is 14.2 Å². The van der Waals surface area contributed by atoms with Gasteiger partial charge in [-0.3, -0.25) is 9.98 Å². The van der Waals surface area contributed by atoms with Gasteiger partial charge >= 0.3 is 15.6 Å². The molecule has 0 amide bonds. The number of alkyl halides is 3. The minimum absolute atomic E-state index is 0.270. The van der Waals surface area contributed by atoms with Crippen LogP contribution < -0.4 is 0 Å². The van der Waals surface area contributed by atoms with Gasteiger partial charge < -0.3 is 4.18 Å². The molecule has 5 nitrogen and oxygen atoms in total. The van der Waals surface area contributed by atoms with Gasteiger partial charge in [0.1, 0.15) is 0 Å². The van der Waals surface area contributed by atoms with Gasteiger partial charge in [0.2, 0.25) is 0 Å². The van der Waals surface area contributed by atoms with E-state index in [0.717, 1.165) is 0 Å². The molecule has 124 valence electrons. The first-order chi connectivity index (χ1) is 10.7. The summed E-state index contributed by atoms with van der Waals surface area (Å²) in [6.45, 7) is 1.73. The number of hydrogen-bond acceptors (Lipinski definition) is 5. The number of rotatable bonds is 3. The quantitative estimate of drug-likeness (QED) is 0.623. The van der Waals surface area contributed by atoms with Crippen LogP contribution >= 0.6 is 0 Å². The lowest BCUT2D eigenvalue weighted by molar-refractivity contribution is -0.0524. The standard InChI is InChI=1S/C14H13F3N2O3S/c1-8-4-2-7-11(18-8)12-13(9-5-3-6-10(9)19-12)22-23(20,21)14(15,16)17/h2,4,7,12H,3,5-6H2,1H3. The van der Waals surface area contributed by atoms with Crippen LogP contribution in [0.1, 0.15) is 36.7 Å². The topological polar surface area (TPSA) is 68.6 Å². The Kier molecular flexibility index (Phi) is 3.70. The van der Waals surface area contributed by atoms with Crippen molar-refractivity contribution in [3.05, 3.63) is 40.9 Å². The number of pyridine rings is 1. The zero-order valence-electron chi connectivity index (χ0n) is 12.1. The molecule has 1 aromatic rings. The Hall–Kier alpha value is -1.90. The van der Waals surface area contributed by atoms with Crippen molar-refractivity contribution in [1.82, 2.24) is 4.98 Å². The van der Waals surface area contributed by atoms with Gasteiger partial charge in [0, 0.05) is 17.0 Å². The smallest absolute Gasteiger partial charge is 0.377 e. The average molecular weight is 346 g/mol. The zero-order valence-corrected chi connectivity index (χ0v) is 12.9. The van der Waals surface area contributed by atoms with E-state index in [-0.39, 0.29) is 5.76 Å². The Labute approximate surface area is 131 Å². The number of allylic oxidation sites excluding steroid dienone is 1. The maximum atomic E-state index is 12.6. The first kappa shape index (κ1) is 16.0. The third kappa shape index (κ3) is 2.85. The molecule has 1 fully saturated rings. The van der Waals surface area contributed by atoms with Crippen molar-refractivity contribution in [3.8, 4) is 0 Å². The molecule has 0 N–H and O–H groups in total. The van der Waals surface area contributed by atoms with Gasteiger partial charge in [0.05, 0.1) is 5.69 Å². The molecular weight excluding hydrogens is 333 g/mol. The monoisotopic (exact) mass is 346 g/mol. The lowest BCUT2D eigenvalue weighted by Crippen LogP contribution is -2.26. The maximum absolute atomic E-state index is 12.6. The minimum Gasteiger partial charge on any atom is -0.377 e. The summed E-state index contributed by atoms with van der Waals surface area (Å²) in [5, 5.41) is 0. The molecule has 0 spiro atoms. The van der Waals surface area contributed by atoms with Crippen molar-refractivity contribution in [2.75, 3.05) is 0 Å². The van der Waals surface area contributed by atoms with E-state index in [1.807, 2.05) is 0 Å². The molecule has 2 heterocycles. The molecule has 1 saturated carbocycles. The minimum atomic E-state index is -5.73. The highest BCUT2D eigenvalue weighted by Crippen LogP contribution is 2.43. The van der Waals surface area contributed by atoms with Crippen molar-refractivity contribution in [2.45, 2.75) is 37.7 Å². The number of aryl methyl sites for hydroxylation is 1. The first-order valence-corrected chi connectivity index (χ1v) is 8.34. The van der Waals surface area contributed by atoms with Crippen LogP contribution in [0.4, 0.5) is 13.2 Å². The third-order valence-electron chi connectivity index (χ3n) is 3.69. The van der Waals surface area contributed by atoms with Crippen LogP contribution in [0.25, 0.3) is 0 Å². The van der Waals surface area contributed by atoms with Crippen molar-refractivity contribution in [1.29, 1.82) is 0 Å². The van der Waals surface area contributed by atoms with E-state index in [1.54, 1.807) is 25.1 Å². The van der Waals surface area contributed by atoms with Crippen molar-refractivity contribution >= 4 is 15.8 Å². The van der Waals surface area contributed by atoms with Crippen LogP contribution in [0.3, 0.4) is 0 Å². The van der Waals surface area contributed by atoms with Gasteiger partial charge in [-0.2, -0.15) is 21.6 Å². The predicted octanol–water partition coefficient (Wildman–Crippen LogP) is 3.19. The predicted molar refractivity (Wildman–Crippen MR) is 76.1 cm³/mol. The van der Waals surface area contributed by atoms with E-state index in [9.17, 15) is 21.6 Å². The second-order valence-electron chi connectivity index (χ2n) is 5.36. The highest BCUT2D eigenvalue weighted by Gasteiger charge is 2.50. The normalized spacial score (nSPS) is 21.4. The Balaban J connectivity index is 2.03. The lowest BCUT2D eigenvalue weighted by atomic mass is 10.1. The molecule has 1 aliphatic heterocycles. The van der Waals surface area contributed by atoms with Crippen molar-refractivity contribution < 1.29 is 25.8 Å². The second kappa shape index (κ2) is 5.33. The van der Waals surface area contributed by atoms with Gasteiger partial charge in [-0.05, 0) is 38.3 Å². The largest absolute Gasteiger partial charge is 0.534 e. The highest BCUT2D eigenvalue weighted by molar-refractivity contribution is 7.87. The number of hydrogen-bond donors (Lipinski definition) is 0. The summed E-state index contributed by atoms with van der Waals surface area (Å²) >= 11 is 0. The molecule has 23 heavy (non-hydrogen) atoms. The summed E-state index contributed by atoms with van der Waals surface area (Å²) in [7, 11) is -5.73. The van der Waals surface area contributed by atoms with Gasteiger partial charge in [-0.1, -0.05) is 6.07 Å². The Morgan fingerprint density at radius 3 is 2.65 bits per heavy atom. The summed E-state index contributed by atoms with van der Waals surface area (Å²) in [6.07, 6.45) is 1.75. The summed E-state index contributed by atoms with van der Waals surface area (Å²) in [4.78, 5) is 8.56. The van der Waals surface area contributed by atoms with E-state index in [1.165, 1.54) is 0 Å².